The average Bonchev–Trinajstić information content (AvgIpc) is 2.16. The minimum Gasteiger partial charge on any atom is -0.374 e. The standard InChI is InChI=1S/C9H7F4IO/c10-5-8(15,9(11,12)13)6-1-3-7(14)4-2-6/h1-4,15H,5H2. The highest BCUT2D eigenvalue weighted by atomic mass is 127. The Balaban J connectivity index is 3.18. The van der Waals surface area contributed by atoms with Gasteiger partial charge in [0.2, 0.25) is 5.60 Å². The van der Waals surface area contributed by atoms with Gasteiger partial charge < -0.3 is 5.11 Å². The first kappa shape index (κ1) is 12.7. The predicted molar refractivity (Wildman–Crippen MR) is 55.1 cm³/mol. The molecular weight excluding hydrogens is 327 g/mol. The van der Waals surface area contributed by atoms with Crippen LogP contribution < -0.4 is 0 Å². The lowest BCUT2D eigenvalue weighted by Crippen LogP contribution is -2.44. The molecule has 1 nitrogen and oxygen atoms in total. The fraction of sp³-hybridized carbons (Fsp3) is 0.333. The third-order valence-corrected chi connectivity index (χ3v) is 2.70. The number of alkyl halides is 4. The molecule has 1 rings (SSSR count). The van der Waals surface area contributed by atoms with Crippen LogP contribution in [0.2, 0.25) is 0 Å². The summed E-state index contributed by atoms with van der Waals surface area (Å²) in [6, 6.07) is 4.88. The van der Waals surface area contributed by atoms with Crippen LogP contribution in [0.25, 0.3) is 0 Å². The molecule has 0 aliphatic carbocycles. The summed E-state index contributed by atoms with van der Waals surface area (Å²) in [6.45, 7) is -1.89. The molecule has 0 spiro atoms. The Labute approximate surface area is 97.2 Å². The molecule has 0 saturated carbocycles. The summed E-state index contributed by atoms with van der Waals surface area (Å²) >= 11 is 1.90. The van der Waals surface area contributed by atoms with Gasteiger partial charge in [0.25, 0.3) is 0 Å². The Morgan fingerprint density at radius 2 is 1.60 bits per heavy atom. The Morgan fingerprint density at radius 3 is 1.93 bits per heavy atom. The van der Waals surface area contributed by atoms with E-state index in [1.54, 1.807) is 0 Å². The summed E-state index contributed by atoms with van der Waals surface area (Å²) < 4.78 is 50.3. The molecular formula is C9H7F4IO. The van der Waals surface area contributed by atoms with Crippen molar-refractivity contribution in [3.05, 3.63) is 33.4 Å². The van der Waals surface area contributed by atoms with Crippen molar-refractivity contribution in [3.8, 4) is 0 Å². The smallest absolute Gasteiger partial charge is 0.374 e. The van der Waals surface area contributed by atoms with Gasteiger partial charge >= 0.3 is 6.18 Å². The molecule has 0 fully saturated rings. The molecule has 1 N–H and O–H groups in total. The van der Waals surface area contributed by atoms with E-state index in [2.05, 4.69) is 0 Å². The molecule has 0 saturated heterocycles. The number of hydrogen-bond donors (Lipinski definition) is 1. The molecule has 0 bridgehead atoms. The molecule has 0 heterocycles. The minimum atomic E-state index is -5.02. The predicted octanol–water partition coefficient (Wildman–Crippen LogP) is 3.01. The van der Waals surface area contributed by atoms with Gasteiger partial charge in [-0.15, -0.1) is 0 Å². The Kier molecular flexibility index (Phi) is 3.59. The first-order valence-corrected chi connectivity index (χ1v) is 5.00. The zero-order chi connectivity index (χ0) is 11.7. The van der Waals surface area contributed by atoms with Crippen LogP contribution >= 0.6 is 22.6 Å². The second-order valence-electron chi connectivity index (χ2n) is 3.00. The Bertz CT molecular complexity index is 335. The summed E-state index contributed by atoms with van der Waals surface area (Å²) in [4.78, 5) is 0. The molecule has 0 aliphatic heterocycles. The van der Waals surface area contributed by atoms with Crippen molar-refractivity contribution in [1.82, 2.24) is 0 Å². The van der Waals surface area contributed by atoms with Crippen molar-refractivity contribution in [3.63, 3.8) is 0 Å². The van der Waals surface area contributed by atoms with Crippen molar-refractivity contribution < 1.29 is 22.7 Å². The maximum Gasteiger partial charge on any atom is 0.424 e. The fourth-order valence-electron chi connectivity index (χ4n) is 1.04. The molecule has 0 radical (unpaired) electrons. The second kappa shape index (κ2) is 4.25. The maximum atomic E-state index is 12.4. The van der Waals surface area contributed by atoms with E-state index in [0.29, 0.717) is 3.57 Å². The molecule has 0 amide bonds. The third kappa shape index (κ3) is 2.41. The van der Waals surface area contributed by atoms with Gasteiger partial charge in [0, 0.05) is 3.57 Å². The quantitative estimate of drug-likeness (QED) is 0.651. The van der Waals surface area contributed by atoms with E-state index in [0.717, 1.165) is 12.1 Å². The van der Waals surface area contributed by atoms with Gasteiger partial charge in [0.1, 0.15) is 6.67 Å². The van der Waals surface area contributed by atoms with E-state index in [9.17, 15) is 22.7 Å². The van der Waals surface area contributed by atoms with Crippen molar-refractivity contribution in [1.29, 1.82) is 0 Å². The average molecular weight is 334 g/mol. The van der Waals surface area contributed by atoms with E-state index in [4.69, 9.17) is 0 Å². The maximum absolute atomic E-state index is 12.4. The van der Waals surface area contributed by atoms with Crippen LogP contribution in [0.1, 0.15) is 5.56 Å². The van der Waals surface area contributed by atoms with Gasteiger partial charge in [-0.1, -0.05) is 12.1 Å². The van der Waals surface area contributed by atoms with Gasteiger partial charge in [0.15, 0.2) is 0 Å². The van der Waals surface area contributed by atoms with Crippen LogP contribution in [-0.2, 0) is 5.60 Å². The number of halogens is 5. The van der Waals surface area contributed by atoms with Crippen molar-refractivity contribution in [2.75, 3.05) is 6.67 Å². The highest BCUT2D eigenvalue weighted by molar-refractivity contribution is 14.1. The van der Waals surface area contributed by atoms with Crippen LogP contribution in [-0.4, -0.2) is 18.0 Å². The molecule has 1 atom stereocenters. The van der Waals surface area contributed by atoms with Crippen LogP contribution in [0.4, 0.5) is 17.6 Å². The van der Waals surface area contributed by atoms with Gasteiger partial charge in [-0.25, -0.2) is 4.39 Å². The van der Waals surface area contributed by atoms with Gasteiger partial charge in [-0.3, -0.25) is 0 Å². The number of hydrogen-bond acceptors (Lipinski definition) is 1. The summed E-state index contributed by atoms with van der Waals surface area (Å²) in [6.07, 6.45) is -5.02. The number of aliphatic hydroxyl groups is 1. The van der Waals surface area contributed by atoms with Gasteiger partial charge in [-0.05, 0) is 40.3 Å². The molecule has 0 aromatic heterocycles. The van der Waals surface area contributed by atoms with E-state index >= 15 is 0 Å². The molecule has 1 aromatic carbocycles. The molecule has 0 aliphatic rings. The number of rotatable bonds is 2. The molecule has 1 aromatic rings. The fourth-order valence-corrected chi connectivity index (χ4v) is 1.40. The highest BCUT2D eigenvalue weighted by Crippen LogP contribution is 2.39. The molecule has 6 heteroatoms. The summed E-state index contributed by atoms with van der Waals surface area (Å²) in [5.74, 6) is 0. The third-order valence-electron chi connectivity index (χ3n) is 1.98. The first-order valence-electron chi connectivity index (χ1n) is 3.92. The van der Waals surface area contributed by atoms with Crippen LogP contribution in [0.5, 0.6) is 0 Å². The lowest BCUT2D eigenvalue weighted by molar-refractivity contribution is -0.271. The zero-order valence-corrected chi connectivity index (χ0v) is 9.51. The topological polar surface area (TPSA) is 20.2 Å². The summed E-state index contributed by atoms with van der Waals surface area (Å²) in [5.41, 5.74) is -3.89. The van der Waals surface area contributed by atoms with E-state index in [1.165, 1.54) is 12.1 Å². The van der Waals surface area contributed by atoms with Crippen molar-refractivity contribution in [2.24, 2.45) is 0 Å². The van der Waals surface area contributed by atoms with Gasteiger partial charge in [0.05, 0.1) is 0 Å². The van der Waals surface area contributed by atoms with E-state index in [-0.39, 0.29) is 0 Å². The molecule has 84 valence electrons. The lowest BCUT2D eigenvalue weighted by atomic mass is 9.95. The SMILES string of the molecule is OC(CF)(c1ccc(I)cc1)C(F)(F)F. The minimum absolute atomic E-state index is 0.488. The Hall–Kier alpha value is -0.370. The normalized spacial score (nSPS) is 16.1. The monoisotopic (exact) mass is 334 g/mol. The van der Waals surface area contributed by atoms with E-state index in [1.807, 2.05) is 22.6 Å². The van der Waals surface area contributed by atoms with Crippen LogP contribution in [0.15, 0.2) is 24.3 Å². The molecule has 15 heavy (non-hydrogen) atoms. The van der Waals surface area contributed by atoms with Gasteiger partial charge in [-0.2, -0.15) is 13.2 Å². The zero-order valence-electron chi connectivity index (χ0n) is 7.35. The van der Waals surface area contributed by atoms with E-state index < -0.39 is 24.0 Å². The Morgan fingerprint density at radius 1 is 1.13 bits per heavy atom. The first-order chi connectivity index (χ1) is 6.81. The molecule has 1 unspecified atom stereocenters. The lowest BCUT2D eigenvalue weighted by Gasteiger charge is -2.27. The second-order valence-corrected chi connectivity index (χ2v) is 4.24. The van der Waals surface area contributed by atoms with Crippen molar-refractivity contribution >= 4 is 22.6 Å². The summed E-state index contributed by atoms with van der Waals surface area (Å²) in [5, 5.41) is 9.22. The van der Waals surface area contributed by atoms with Crippen LogP contribution in [0.3, 0.4) is 0 Å². The number of benzene rings is 1. The highest BCUT2D eigenvalue weighted by Gasteiger charge is 2.55. The van der Waals surface area contributed by atoms with Crippen molar-refractivity contribution in [2.45, 2.75) is 11.8 Å². The largest absolute Gasteiger partial charge is 0.424 e. The van der Waals surface area contributed by atoms with Crippen LogP contribution in [0, 0.1) is 3.57 Å². The summed E-state index contributed by atoms with van der Waals surface area (Å²) in [7, 11) is 0.